The Bertz CT molecular complexity index is 1160. The highest BCUT2D eigenvalue weighted by molar-refractivity contribution is 7.15. The molecule has 0 unspecified atom stereocenters. The number of hydrogen-bond donors (Lipinski definition) is 1. The molecule has 142 valence electrons. The van der Waals surface area contributed by atoms with E-state index in [1.54, 1.807) is 4.52 Å². The molecule has 8 heteroatoms. The van der Waals surface area contributed by atoms with Gasteiger partial charge in [0.15, 0.2) is 11.0 Å². The quantitative estimate of drug-likeness (QED) is 0.563. The minimum absolute atomic E-state index is 0.0780. The number of carbonyl (C=O) groups excluding carboxylic acids is 1. The van der Waals surface area contributed by atoms with Gasteiger partial charge >= 0.3 is 0 Å². The van der Waals surface area contributed by atoms with Crippen molar-refractivity contribution < 1.29 is 4.79 Å². The summed E-state index contributed by atoms with van der Waals surface area (Å²) in [5.74, 6) is 0.756. The van der Waals surface area contributed by atoms with Crippen molar-refractivity contribution >= 4 is 28.2 Å². The molecule has 0 aliphatic heterocycles. The fourth-order valence-electron chi connectivity index (χ4n) is 3.06. The third-order valence-corrected chi connectivity index (χ3v) is 5.15. The van der Waals surface area contributed by atoms with E-state index < -0.39 is 0 Å². The van der Waals surface area contributed by atoms with E-state index in [9.17, 15) is 4.79 Å². The number of fused-ring (bicyclic) bond motifs is 1. The highest BCUT2D eigenvalue weighted by Gasteiger charge is 2.13. The summed E-state index contributed by atoms with van der Waals surface area (Å²) < 4.78 is 1.65. The summed E-state index contributed by atoms with van der Waals surface area (Å²) in [5, 5.41) is 7.79. The van der Waals surface area contributed by atoms with Crippen molar-refractivity contribution in [1.82, 2.24) is 24.6 Å². The van der Waals surface area contributed by atoms with Crippen LogP contribution in [-0.4, -0.2) is 30.5 Å². The molecule has 28 heavy (non-hydrogen) atoms. The van der Waals surface area contributed by atoms with E-state index in [-0.39, 0.29) is 12.3 Å². The van der Waals surface area contributed by atoms with Crippen LogP contribution in [0.4, 0.5) is 5.13 Å². The number of nitrogens with one attached hydrogen (secondary N) is 1. The summed E-state index contributed by atoms with van der Waals surface area (Å²) in [5.41, 5.74) is 4.27. The van der Waals surface area contributed by atoms with Gasteiger partial charge in [-0.05, 0) is 32.4 Å². The Balaban J connectivity index is 1.41. The number of nitrogens with zero attached hydrogens (tertiary/aromatic N) is 5. The predicted molar refractivity (Wildman–Crippen MR) is 109 cm³/mol. The van der Waals surface area contributed by atoms with E-state index in [0.29, 0.717) is 16.7 Å². The second-order valence-electron chi connectivity index (χ2n) is 6.80. The van der Waals surface area contributed by atoms with Crippen molar-refractivity contribution in [3.05, 3.63) is 69.7 Å². The molecule has 0 spiro atoms. The van der Waals surface area contributed by atoms with E-state index in [1.165, 1.54) is 22.5 Å². The van der Waals surface area contributed by atoms with Crippen LogP contribution in [0, 0.1) is 20.8 Å². The molecule has 1 amide bonds. The first-order valence-corrected chi connectivity index (χ1v) is 9.78. The van der Waals surface area contributed by atoms with Crippen molar-refractivity contribution in [3.63, 3.8) is 0 Å². The van der Waals surface area contributed by atoms with Gasteiger partial charge in [-0.25, -0.2) is 14.5 Å². The lowest BCUT2D eigenvalue weighted by Crippen LogP contribution is -2.15. The topological polar surface area (TPSA) is 85.1 Å². The first-order valence-electron chi connectivity index (χ1n) is 8.96. The number of hydrogen-bond acceptors (Lipinski definition) is 6. The van der Waals surface area contributed by atoms with Gasteiger partial charge in [-0.15, -0.1) is 16.4 Å². The fraction of sp³-hybridized carbons (Fsp3) is 0.250. The zero-order valence-corrected chi connectivity index (χ0v) is 16.7. The van der Waals surface area contributed by atoms with Gasteiger partial charge in [0, 0.05) is 28.9 Å². The zero-order chi connectivity index (χ0) is 19.7. The largest absolute Gasteiger partial charge is 0.302 e. The highest BCUT2D eigenvalue weighted by atomic mass is 32.1. The highest BCUT2D eigenvalue weighted by Crippen LogP contribution is 2.21. The molecule has 0 saturated carbocycles. The first kappa shape index (κ1) is 18.2. The van der Waals surface area contributed by atoms with Crippen LogP contribution in [0.15, 0.2) is 36.5 Å². The van der Waals surface area contributed by atoms with Gasteiger partial charge in [-0.1, -0.05) is 29.8 Å². The monoisotopic (exact) mass is 392 g/mol. The number of rotatable bonds is 5. The Labute approximate surface area is 166 Å². The minimum atomic E-state index is -0.193. The maximum atomic E-state index is 12.4. The molecule has 0 radical (unpaired) electrons. The van der Waals surface area contributed by atoms with E-state index in [2.05, 4.69) is 50.5 Å². The van der Waals surface area contributed by atoms with Gasteiger partial charge in [0.2, 0.25) is 5.91 Å². The van der Waals surface area contributed by atoms with Crippen LogP contribution < -0.4 is 5.32 Å². The van der Waals surface area contributed by atoms with Crippen LogP contribution in [0.5, 0.6) is 0 Å². The van der Waals surface area contributed by atoms with E-state index in [4.69, 9.17) is 0 Å². The summed E-state index contributed by atoms with van der Waals surface area (Å²) in [6.07, 6.45) is 2.68. The van der Waals surface area contributed by atoms with Gasteiger partial charge in [0.05, 0.1) is 6.42 Å². The molecule has 4 rings (SSSR count). The molecule has 1 aromatic carbocycles. The zero-order valence-electron chi connectivity index (χ0n) is 15.9. The normalized spacial score (nSPS) is 11.1. The lowest BCUT2D eigenvalue weighted by molar-refractivity contribution is -0.115. The van der Waals surface area contributed by atoms with Crippen LogP contribution >= 0.6 is 11.3 Å². The molecule has 0 aliphatic carbocycles. The molecule has 0 aliphatic rings. The second kappa shape index (κ2) is 7.47. The van der Waals surface area contributed by atoms with Crippen LogP contribution in [0.3, 0.4) is 0 Å². The maximum absolute atomic E-state index is 12.4. The lowest BCUT2D eigenvalue weighted by Gasteiger charge is -2.00. The standard InChI is InChI=1S/C20H20N6OS/c1-12-5-4-6-15(7-12)9-16-11-21-20(28-16)24-18(27)10-17-23-19-22-13(2)8-14(3)26(19)25-17/h4-8,11H,9-10H2,1-3H3,(H,21,24,27). The average Bonchev–Trinajstić information content (AvgIpc) is 3.21. The molecule has 0 saturated heterocycles. The summed E-state index contributed by atoms with van der Waals surface area (Å²) in [6.45, 7) is 5.92. The third kappa shape index (κ3) is 4.07. The number of benzene rings is 1. The summed E-state index contributed by atoms with van der Waals surface area (Å²) in [6, 6.07) is 10.3. The number of anilines is 1. The lowest BCUT2D eigenvalue weighted by atomic mass is 10.1. The smallest absolute Gasteiger partial charge is 0.252 e. The first-order chi connectivity index (χ1) is 13.5. The Kier molecular flexibility index (Phi) is 4.87. The van der Waals surface area contributed by atoms with Gasteiger partial charge in [-0.3, -0.25) is 4.79 Å². The maximum Gasteiger partial charge on any atom is 0.252 e. The van der Waals surface area contributed by atoms with E-state index >= 15 is 0 Å². The summed E-state index contributed by atoms with van der Waals surface area (Å²) >= 11 is 1.48. The van der Waals surface area contributed by atoms with Crippen LogP contribution in [0.1, 0.15) is 33.2 Å². The van der Waals surface area contributed by atoms with Crippen molar-refractivity contribution in [3.8, 4) is 0 Å². The third-order valence-electron chi connectivity index (χ3n) is 4.24. The van der Waals surface area contributed by atoms with Crippen LogP contribution in [0.25, 0.3) is 5.78 Å². The molecule has 0 bridgehead atoms. The Morgan fingerprint density at radius 1 is 1.18 bits per heavy atom. The Hall–Kier alpha value is -3.13. The number of aromatic nitrogens is 5. The molecule has 7 nitrogen and oxygen atoms in total. The average molecular weight is 392 g/mol. The molecular formula is C20H20N6OS. The van der Waals surface area contributed by atoms with E-state index in [1.807, 2.05) is 32.2 Å². The van der Waals surface area contributed by atoms with Crippen LogP contribution in [0.2, 0.25) is 0 Å². The molecule has 3 aromatic heterocycles. The number of aryl methyl sites for hydroxylation is 3. The van der Waals surface area contributed by atoms with Crippen molar-refractivity contribution in [2.24, 2.45) is 0 Å². The molecule has 1 N–H and O–H groups in total. The van der Waals surface area contributed by atoms with Gasteiger partial charge in [0.25, 0.3) is 5.78 Å². The number of thiazole rings is 1. The Morgan fingerprint density at radius 2 is 2.04 bits per heavy atom. The molecule has 4 aromatic rings. The van der Waals surface area contributed by atoms with Crippen LogP contribution in [-0.2, 0) is 17.6 Å². The molecular weight excluding hydrogens is 372 g/mol. The van der Waals surface area contributed by atoms with Gasteiger partial charge in [-0.2, -0.15) is 4.98 Å². The molecule has 0 atom stereocenters. The van der Waals surface area contributed by atoms with E-state index in [0.717, 1.165) is 22.7 Å². The molecule has 3 heterocycles. The van der Waals surface area contributed by atoms with Gasteiger partial charge in [0.1, 0.15) is 0 Å². The SMILES string of the molecule is Cc1cccc(Cc2cnc(NC(=O)Cc3nc4nc(C)cc(C)n4n3)s2)c1. The number of amides is 1. The van der Waals surface area contributed by atoms with Gasteiger partial charge < -0.3 is 5.32 Å². The summed E-state index contributed by atoms with van der Waals surface area (Å²) in [4.78, 5) is 26.5. The Morgan fingerprint density at radius 3 is 2.86 bits per heavy atom. The second-order valence-corrected chi connectivity index (χ2v) is 7.92. The van der Waals surface area contributed by atoms with Crippen molar-refractivity contribution in [1.29, 1.82) is 0 Å². The fourth-order valence-corrected chi connectivity index (χ4v) is 3.92. The number of carbonyl (C=O) groups is 1. The molecule has 0 fully saturated rings. The minimum Gasteiger partial charge on any atom is -0.302 e. The summed E-state index contributed by atoms with van der Waals surface area (Å²) in [7, 11) is 0. The predicted octanol–water partition coefficient (Wildman–Crippen LogP) is 3.28. The van der Waals surface area contributed by atoms with Crippen molar-refractivity contribution in [2.75, 3.05) is 5.32 Å². The van der Waals surface area contributed by atoms with Crippen molar-refractivity contribution in [2.45, 2.75) is 33.6 Å².